The van der Waals surface area contributed by atoms with Gasteiger partial charge in [-0.2, -0.15) is 0 Å². The fourth-order valence-electron chi connectivity index (χ4n) is 2.25. The van der Waals surface area contributed by atoms with Crippen LogP contribution in [0, 0.1) is 12.7 Å². The van der Waals surface area contributed by atoms with E-state index >= 15 is 0 Å². The third kappa shape index (κ3) is 4.11. The zero-order valence-electron chi connectivity index (χ0n) is 13.0. The van der Waals surface area contributed by atoms with Gasteiger partial charge >= 0.3 is 0 Å². The van der Waals surface area contributed by atoms with E-state index in [0.717, 1.165) is 48.6 Å². The van der Waals surface area contributed by atoms with Gasteiger partial charge in [0.1, 0.15) is 10.8 Å². The molecule has 2 nitrogen and oxygen atoms in total. The highest BCUT2D eigenvalue weighted by atomic mass is 32.1. The van der Waals surface area contributed by atoms with E-state index in [9.17, 15) is 4.39 Å². The van der Waals surface area contributed by atoms with Crippen molar-refractivity contribution in [3.05, 3.63) is 40.2 Å². The predicted molar refractivity (Wildman–Crippen MR) is 88.2 cm³/mol. The lowest BCUT2D eigenvalue weighted by Crippen LogP contribution is -2.13. The van der Waals surface area contributed by atoms with Crippen molar-refractivity contribution in [3.8, 4) is 10.6 Å². The first-order chi connectivity index (χ1) is 10.2. The van der Waals surface area contributed by atoms with Gasteiger partial charge in [-0.15, -0.1) is 11.3 Å². The minimum atomic E-state index is -0.189. The third-order valence-corrected chi connectivity index (χ3v) is 4.46. The Balaban J connectivity index is 2.31. The van der Waals surface area contributed by atoms with Gasteiger partial charge < -0.3 is 5.32 Å². The van der Waals surface area contributed by atoms with Crippen LogP contribution < -0.4 is 5.32 Å². The first-order valence-electron chi connectivity index (χ1n) is 7.61. The largest absolute Gasteiger partial charge is 0.312 e. The van der Waals surface area contributed by atoms with Gasteiger partial charge in [0.25, 0.3) is 0 Å². The number of nitrogens with zero attached hydrogens (tertiary/aromatic N) is 1. The molecule has 0 bridgehead atoms. The summed E-state index contributed by atoms with van der Waals surface area (Å²) < 4.78 is 14.0. The molecule has 0 fully saturated rings. The normalized spacial score (nSPS) is 11.0. The van der Waals surface area contributed by atoms with Gasteiger partial charge in [-0.3, -0.25) is 0 Å². The smallest absolute Gasteiger partial charge is 0.133 e. The van der Waals surface area contributed by atoms with Gasteiger partial charge in [0.05, 0.1) is 5.69 Å². The van der Waals surface area contributed by atoms with E-state index in [2.05, 4.69) is 24.1 Å². The number of benzene rings is 1. The molecule has 2 aromatic rings. The molecule has 0 amide bonds. The Morgan fingerprint density at radius 2 is 2.05 bits per heavy atom. The number of aryl methyl sites for hydroxylation is 2. The van der Waals surface area contributed by atoms with Gasteiger partial charge in [0, 0.05) is 17.0 Å². The van der Waals surface area contributed by atoms with Crippen LogP contribution in [0.25, 0.3) is 10.6 Å². The van der Waals surface area contributed by atoms with Gasteiger partial charge in [0.15, 0.2) is 0 Å². The first-order valence-corrected chi connectivity index (χ1v) is 8.43. The number of aromatic nitrogens is 1. The molecule has 4 heteroatoms. The molecule has 1 N–H and O–H groups in total. The highest BCUT2D eigenvalue weighted by Gasteiger charge is 2.14. The molecule has 0 atom stereocenters. The van der Waals surface area contributed by atoms with E-state index in [0.29, 0.717) is 5.56 Å². The van der Waals surface area contributed by atoms with Gasteiger partial charge in [-0.25, -0.2) is 9.37 Å². The Hall–Kier alpha value is -1.26. The molecular weight excluding hydrogens is 283 g/mol. The number of rotatable bonds is 7. The van der Waals surface area contributed by atoms with Crippen molar-refractivity contribution in [1.82, 2.24) is 10.3 Å². The van der Waals surface area contributed by atoms with Crippen LogP contribution in [-0.4, -0.2) is 11.5 Å². The Morgan fingerprint density at radius 1 is 1.24 bits per heavy atom. The second-order valence-electron chi connectivity index (χ2n) is 5.30. The fraction of sp³-hybridized carbons (Fsp3) is 0.471. The fourth-order valence-corrected chi connectivity index (χ4v) is 3.35. The van der Waals surface area contributed by atoms with Crippen LogP contribution in [0.3, 0.4) is 0 Å². The second kappa shape index (κ2) is 7.66. The van der Waals surface area contributed by atoms with Crippen molar-refractivity contribution >= 4 is 11.3 Å². The van der Waals surface area contributed by atoms with Crippen molar-refractivity contribution in [2.24, 2.45) is 0 Å². The molecule has 2 rings (SSSR count). The highest BCUT2D eigenvalue weighted by Crippen LogP contribution is 2.31. The summed E-state index contributed by atoms with van der Waals surface area (Å²) in [6.45, 7) is 8.11. The van der Waals surface area contributed by atoms with Crippen molar-refractivity contribution in [2.75, 3.05) is 6.54 Å². The number of hydrogen-bond donors (Lipinski definition) is 1. The van der Waals surface area contributed by atoms with Crippen LogP contribution in [0.2, 0.25) is 0 Å². The number of hydrogen-bond acceptors (Lipinski definition) is 3. The Bertz CT molecular complexity index is 592. The molecule has 0 saturated heterocycles. The van der Waals surface area contributed by atoms with Gasteiger partial charge in [-0.1, -0.05) is 31.9 Å². The van der Waals surface area contributed by atoms with Crippen LogP contribution in [0.5, 0.6) is 0 Å². The lowest BCUT2D eigenvalue weighted by Gasteiger charge is -2.02. The van der Waals surface area contributed by atoms with Gasteiger partial charge in [0.2, 0.25) is 0 Å². The molecule has 0 aliphatic rings. The lowest BCUT2D eigenvalue weighted by atomic mass is 10.1. The molecule has 1 aromatic carbocycles. The molecule has 0 radical (unpaired) electrons. The highest BCUT2D eigenvalue weighted by molar-refractivity contribution is 7.15. The second-order valence-corrected chi connectivity index (χ2v) is 6.38. The van der Waals surface area contributed by atoms with Crippen LogP contribution >= 0.6 is 11.3 Å². The van der Waals surface area contributed by atoms with E-state index in [1.54, 1.807) is 17.4 Å². The molecule has 1 aromatic heterocycles. The summed E-state index contributed by atoms with van der Waals surface area (Å²) in [6.07, 6.45) is 3.12. The van der Waals surface area contributed by atoms with Crippen LogP contribution in [0.15, 0.2) is 18.2 Å². The lowest BCUT2D eigenvalue weighted by molar-refractivity contribution is 0.630. The van der Waals surface area contributed by atoms with E-state index in [1.807, 2.05) is 13.0 Å². The van der Waals surface area contributed by atoms with E-state index in [1.165, 1.54) is 10.9 Å². The maximum atomic E-state index is 14.0. The maximum Gasteiger partial charge on any atom is 0.133 e. The maximum absolute atomic E-state index is 14.0. The molecule has 0 saturated carbocycles. The minimum absolute atomic E-state index is 0.189. The molecule has 21 heavy (non-hydrogen) atoms. The summed E-state index contributed by atoms with van der Waals surface area (Å²) in [6, 6.07) is 5.21. The van der Waals surface area contributed by atoms with Crippen molar-refractivity contribution in [2.45, 2.75) is 46.6 Å². The van der Waals surface area contributed by atoms with Crippen molar-refractivity contribution < 1.29 is 4.39 Å². The molecule has 0 aliphatic heterocycles. The average molecular weight is 306 g/mol. The zero-order valence-corrected chi connectivity index (χ0v) is 13.8. The molecule has 0 spiro atoms. The molecule has 0 unspecified atom stereocenters. The van der Waals surface area contributed by atoms with Crippen LogP contribution in [-0.2, 0) is 13.0 Å². The molecule has 0 aliphatic carbocycles. The first kappa shape index (κ1) is 16.1. The monoisotopic (exact) mass is 306 g/mol. The van der Waals surface area contributed by atoms with Crippen LogP contribution in [0.1, 0.15) is 42.8 Å². The van der Waals surface area contributed by atoms with E-state index in [-0.39, 0.29) is 5.82 Å². The van der Waals surface area contributed by atoms with Gasteiger partial charge in [-0.05, 0) is 38.4 Å². The molecular formula is C17H23FN2S. The SMILES string of the molecule is CCCNCc1sc(-c2cc(C)ccc2F)nc1CCC. The predicted octanol–water partition coefficient (Wildman–Crippen LogP) is 4.71. The van der Waals surface area contributed by atoms with Crippen LogP contribution in [0.4, 0.5) is 4.39 Å². The Labute approximate surface area is 130 Å². The number of thiazole rings is 1. The average Bonchev–Trinajstić information content (AvgIpc) is 2.85. The summed E-state index contributed by atoms with van der Waals surface area (Å²) in [7, 11) is 0. The summed E-state index contributed by atoms with van der Waals surface area (Å²) in [5, 5.41) is 4.22. The Morgan fingerprint density at radius 3 is 2.76 bits per heavy atom. The third-order valence-electron chi connectivity index (χ3n) is 3.33. The van der Waals surface area contributed by atoms with E-state index < -0.39 is 0 Å². The molecule has 114 valence electrons. The van der Waals surface area contributed by atoms with E-state index in [4.69, 9.17) is 0 Å². The summed E-state index contributed by atoms with van der Waals surface area (Å²) >= 11 is 1.61. The molecule has 1 heterocycles. The number of halogens is 1. The summed E-state index contributed by atoms with van der Waals surface area (Å²) in [4.78, 5) is 5.93. The zero-order chi connectivity index (χ0) is 15.2. The van der Waals surface area contributed by atoms with Crippen molar-refractivity contribution in [1.29, 1.82) is 0 Å². The summed E-state index contributed by atoms with van der Waals surface area (Å²) in [5.74, 6) is -0.189. The number of nitrogens with one attached hydrogen (secondary N) is 1. The quantitative estimate of drug-likeness (QED) is 0.749. The summed E-state index contributed by atoms with van der Waals surface area (Å²) in [5.41, 5.74) is 2.80. The topological polar surface area (TPSA) is 24.9 Å². The minimum Gasteiger partial charge on any atom is -0.312 e. The standard InChI is InChI=1S/C17H23FN2S/c1-4-6-15-16(11-19-9-5-2)21-17(20-15)13-10-12(3)7-8-14(13)18/h7-8,10,19H,4-6,9,11H2,1-3H3. The Kier molecular flexibility index (Phi) is 5.88. The van der Waals surface area contributed by atoms with Crippen molar-refractivity contribution in [3.63, 3.8) is 0 Å².